The van der Waals surface area contributed by atoms with Gasteiger partial charge in [0.2, 0.25) is 5.91 Å². The van der Waals surface area contributed by atoms with Gasteiger partial charge in [-0.1, -0.05) is 0 Å². The molecule has 1 fully saturated rings. The predicted octanol–water partition coefficient (Wildman–Crippen LogP) is 1.27. The van der Waals surface area contributed by atoms with Crippen LogP contribution >= 0.6 is 23.7 Å². The molecule has 0 saturated carbocycles. The third kappa shape index (κ3) is 3.19. The number of carbonyl (C=O) groups excluding carboxylic acids is 1. The minimum atomic E-state index is 0. The van der Waals surface area contributed by atoms with E-state index in [2.05, 4.69) is 0 Å². The van der Waals surface area contributed by atoms with Gasteiger partial charge >= 0.3 is 0 Å². The summed E-state index contributed by atoms with van der Waals surface area (Å²) in [6, 6.07) is 2.18. The SMILES string of the molecule is Cl.N[C@H]1CCN(C(=O)Cc2ccsc2)C1. The molecule has 1 aliphatic heterocycles. The third-order valence-electron chi connectivity index (χ3n) is 2.51. The quantitative estimate of drug-likeness (QED) is 0.855. The monoisotopic (exact) mass is 246 g/mol. The van der Waals surface area contributed by atoms with Crippen molar-refractivity contribution in [2.24, 2.45) is 5.73 Å². The van der Waals surface area contributed by atoms with E-state index >= 15 is 0 Å². The van der Waals surface area contributed by atoms with Crippen molar-refractivity contribution in [2.45, 2.75) is 18.9 Å². The first-order valence-electron chi connectivity index (χ1n) is 4.80. The van der Waals surface area contributed by atoms with E-state index in [1.807, 2.05) is 21.7 Å². The second-order valence-corrected chi connectivity index (χ2v) is 4.48. The van der Waals surface area contributed by atoms with Gasteiger partial charge in [-0.2, -0.15) is 11.3 Å². The molecule has 0 unspecified atom stereocenters. The third-order valence-corrected chi connectivity index (χ3v) is 3.24. The minimum absolute atomic E-state index is 0. The molecule has 0 aliphatic carbocycles. The molecule has 0 aromatic carbocycles. The summed E-state index contributed by atoms with van der Waals surface area (Å²) in [7, 11) is 0. The van der Waals surface area contributed by atoms with E-state index in [4.69, 9.17) is 5.73 Å². The maximum Gasteiger partial charge on any atom is 0.227 e. The van der Waals surface area contributed by atoms with Crippen LogP contribution in [0.1, 0.15) is 12.0 Å². The van der Waals surface area contributed by atoms with Crippen molar-refractivity contribution >= 4 is 29.7 Å². The zero-order valence-electron chi connectivity index (χ0n) is 8.39. The molecule has 1 saturated heterocycles. The van der Waals surface area contributed by atoms with Gasteiger partial charge in [0.05, 0.1) is 6.42 Å². The van der Waals surface area contributed by atoms with Crippen LogP contribution < -0.4 is 5.73 Å². The number of hydrogen-bond donors (Lipinski definition) is 1. The van der Waals surface area contributed by atoms with E-state index in [9.17, 15) is 4.79 Å². The van der Waals surface area contributed by atoms with E-state index in [0.717, 1.165) is 25.1 Å². The zero-order chi connectivity index (χ0) is 9.97. The van der Waals surface area contributed by atoms with Crippen molar-refractivity contribution in [3.63, 3.8) is 0 Å². The van der Waals surface area contributed by atoms with Crippen molar-refractivity contribution in [1.82, 2.24) is 4.90 Å². The summed E-state index contributed by atoms with van der Waals surface area (Å²) in [5.74, 6) is 0.205. The number of amides is 1. The molecule has 1 amide bonds. The maximum atomic E-state index is 11.7. The first kappa shape index (κ1) is 12.5. The van der Waals surface area contributed by atoms with E-state index in [1.54, 1.807) is 11.3 Å². The highest BCUT2D eigenvalue weighted by Crippen LogP contribution is 2.12. The molecule has 1 aromatic rings. The highest BCUT2D eigenvalue weighted by molar-refractivity contribution is 7.07. The van der Waals surface area contributed by atoms with Gasteiger partial charge in [-0.3, -0.25) is 4.79 Å². The predicted molar refractivity (Wildman–Crippen MR) is 64.4 cm³/mol. The Balaban J connectivity index is 0.00000112. The molecular formula is C10H15ClN2OS. The van der Waals surface area contributed by atoms with Gasteiger partial charge in [0.1, 0.15) is 0 Å². The number of hydrogen-bond acceptors (Lipinski definition) is 3. The van der Waals surface area contributed by atoms with Gasteiger partial charge in [0.15, 0.2) is 0 Å². The van der Waals surface area contributed by atoms with Crippen LogP contribution in [0.3, 0.4) is 0 Å². The summed E-state index contributed by atoms with van der Waals surface area (Å²) in [5.41, 5.74) is 6.86. The number of nitrogens with two attached hydrogens (primary N) is 1. The number of halogens is 1. The van der Waals surface area contributed by atoms with Gasteiger partial charge in [0, 0.05) is 19.1 Å². The molecule has 5 heteroatoms. The Morgan fingerprint density at radius 3 is 3.00 bits per heavy atom. The topological polar surface area (TPSA) is 46.3 Å². The number of likely N-dealkylation sites (tertiary alicyclic amines) is 1. The molecule has 84 valence electrons. The fourth-order valence-electron chi connectivity index (χ4n) is 1.69. The highest BCUT2D eigenvalue weighted by atomic mass is 35.5. The van der Waals surface area contributed by atoms with Crippen LogP contribution in [0.4, 0.5) is 0 Å². The van der Waals surface area contributed by atoms with Gasteiger partial charge in [-0.05, 0) is 28.8 Å². The van der Waals surface area contributed by atoms with E-state index < -0.39 is 0 Å². The van der Waals surface area contributed by atoms with E-state index in [0.29, 0.717) is 6.42 Å². The molecule has 0 bridgehead atoms. The largest absolute Gasteiger partial charge is 0.341 e. The van der Waals surface area contributed by atoms with Crippen molar-refractivity contribution in [2.75, 3.05) is 13.1 Å². The van der Waals surface area contributed by atoms with Gasteiger partial charge in [-0.25, -0.2) is 0 Å². The van der Waals surface area contributed by atoms with Crippen LogP contribution in [0.15, 0.2) is 16.8 Å². The van der Waals surface area contributed by atoms with Crippen molar-refractivity contribution in [3.05, 3.63) is 22.4 Å². The highest BCUT2D eigenvalue weighted by Gasteiger charge is 2.23. The number of nitrogens with zero attached hydrogens (tertiary/aromatic N) is 1. The summed E-state index contributed by atoms with van der Waals surface area (Å²) in [6.45, 7) is 1.55. The standard InChI is InChI=1S/C10H14N2OS.ClH/c11-9-1-3-12(6-9)10(13)5-8-2-4-14-7-8;/h2,4,7,9H,1,3,5-6,11H2;1H/t9-;/m0./s1. The fraction of sp³-hybridized carbons (Fsp3) is 0.500. The lowest BCUT2D eigenvalue weighted by molar-refractivity contribution is -0.129. The molecule has 2 rings (SSSR count). The Hall–Kier alpha value is -0.580. The Morgan fingerprint density at radius 1 is 1.67 bits per heavy atom. The molecular weight excluding hydrogens is 232 g/mol. The minimum Gasteiger partial charge on any atom is -0.341 e. The molecule has 2 heterocycles. The molecule has 1 aliphatic rings. The summed E-state index contributed by atoms with van der Waals surface area (Å²) < 4.78 is 0. The summed E-state index contributed by atoms with van der Waals surface area (Å²) in [4.78, 5) is 13.6. The first-order valence-corrected chi connectivity index (χ1v) is 5.74. The van der Waals surface area contributed by atoms with Crippen LogP contribution in [0.2, 0.25) is 0 Å². The zero-order valence-corrected chi connectivity index (χ0v) is 10.0. The molecule has 1 aromatic heterocycles. The van der Waals surface area contributed by atoms with Crippen molar-refractivity contribution in [1.29, 1.82) is 0 Å². The second-order valence-electron chi connectivity index (χ2n) is 3.70. The second kappa shape index (κ2) is 5.49. The number of rotatable bonds is 2. The lowest BCUT2D eigenvalue weighted by Crippen LogP contribution is -2.32. The van der Waals surface area contributed by atoms with Crippen LogP contribution in [0.5, 0.6) is 0 Å². The molecule has 0 spiro atoms. The van der Waals surface area contributed by atoms with Crippen molar-refractivity contribution in [3.8, 4) is 0 Å². The first-order chi connectivity index (χ1) is 6.75. The Kier molecular flexibility index (Phi) is 4.57. The average Bonchev–Trinajstić information content (AvgIpc) is 2.75. The fourth-order valence-corrected chi connectivity index (χ4v) is 2.36. The van der Waals surface area contributed by atoms with Gasteiger partial charge in [-0.15, -0.1) is 12.4 Å². The van der Waals surface area contributed by atoms with E-state index in [1.165, 1.54) is 0 Å². The summed E-state index contributed by atoms with van der Waals surface area (Å²) >= 11 is 1.63. The van der Waals surface area contributed by atoms with E-state index in [-0.39, 0.29) is 24.4 Å². The number of carbonyl (C=O) groups is 1. The lowest BCUT2D eigenvalue weighted by Gasteiger charge is -2.14. The summed E-state index contributed by atoms with van der Waals surface area (Å²) in [6.07, 6.45) is 1.46. The summed E-state index contributed by atoms with van der Waals surface area (Å²) in [5, 5.41) is 4.02. The Bertz CT molecular complexity index is 315. The maximum absolute atomic E-state index is 11.7. The Labute approximate surface area is 99.7 Å². The Morgan fingerprint density at radius 2 is 2.47 bits per heavy atom. The molecule has 15 heavy (non-hydrogen) atoms. The molecule has 1 atom stereocenters. The van der Waals surface area contributed by atoms with Gasteiger partial charge in [0.25, 0.3) is 0 Å². The molecule has 3 nitrogen and oxygen atoms in total. The lowest BCUT2D eigenvalue weighted by atomic mass is 10.2. The molecule has 2 N–H and O–H groups in total. The van der Waals surface area contributed by atoms with Crippen LogP contribution in [0, 0.1) is 0 Å². The van der Waals surface area contributed by atoms with Crippen LogP contribution in [-0.4, -0.2) is 29.9 Å². The van der Waals surface area contributed by atoms with Crippen LogP contribution in [0.25, 0.3) is 0 Å². The normalized spacial score (nSPS) is 20.1. The average molecular weight is 247 g/mol. The molecule has 0 radical (unpaired) electrons. The smallest absolute Gasteiger partial charge is 0.227 e. The van der Waals surface area contributed by atoms with Crippen LogP contribution in [-0.2, 0) is 11.2 Å². The van der Waals surface area contributed by atoms with Crippen molar-refractivity contribution < 1.29 is 4.79 Å². The van der Waals surface area contributed by atoms with Gasteiger partial charge < -0.3 is 10.6 Å². The number of thiophene rings is 1.